The average Bonchev–Trinajstić information content (AvgIpc) is 3.22. The minimum absolute atomic E-state index is 0.0172. The second-order valence-corrected chi connectivity index (χ2v) is 6.50. The van der Waals surface area contributed by atoms with Gasteiger partial charge in [-0.2, -0.15) is 0 Å². The second kappa shape index (κ2) is 6.87. The minimum Gasteiger partial charge on any atom is -0.456 e. The summed E-state index contributed by atoms with van der Waals surface area (Å²) < 4.78 is 17.0. The predicted molar refractivity (Wildman–Crippen MR) is 105 cm³/mol. The first-order valence-corrected chi connectivity index (χ1v) is 8.97. The number of hydrogen-bond donors (Lipinski definition) is 1. The smallest absolute Gasteiger partial charge is 0.231 e. The molecule has 28 heavy (non-hydrogen) atoms. The van der Waals surface area contributed by atoms with Crippen molar-refractivity contribution in [2.75, 3.05) is 6.79 Å². The highest BCUT2D eigenvalue weighted by Gasteiger charge is 2.15. The zero-order chi connectivity index (χ0) is 18.9. The Morgan fingerprint density at radius 3 is 2.68 bits per heavy atom. The summed E-state index contributed by atoms with van der Waals surface area (Å²) in [6.45, 7) is 0.214. The Labute approximate surface area is 161 Å². The predicted octanol–water partition coefficient (Wildman–Crippen LogP) is 4.55. The number of nitrogens with zero attached hydrogens (tertiary/aromatic N) is 1. The van der Waals surface area contributed by atoms with Crippen LogP contribution in [-0.4, -0.2) is 11.9 Å². The summed E-state index contributed by atoms with van der Waals surface area (Å²) in [7, 11) is 0. The van der Waals surface area contributed by atoms with E-state index in [1.165, 1.54) is 0 Å². The van der Waals surface area contributed by atoms with Gasteiger partial charge < -0.3 is 19.0 Å². The minimum atomic E-state index is -0.0172. The Hall–Kier alpha value is -3.57. The SMILES string of the molecule is OCc1cccc(N=c2cc(-c3ccc4c(c3)OCO4)oc3ccccc23)c1. The van der Waals surface area contributed by atoms with Crippen molar-refractivity contribution in [3.8, 4) is 22.8 Å². The fourth-order valence-electron chi connectivity index (χ4n) is 3.27. The van der Waals surface area contributed by atoms with Crippen molar-refractivity contribution in [2.24, 2.45) is 4.99 Å². The van der Waals surface area contributed by atoms with Gasteiger partial charge >= 0.3 is 0 Å². The number of aliphatic hydroxyl groups is 1. The van der Waals surface area contributed by atoms with Crippen LogP contribution in [0.1, 0.15) is 5.56 Å². The lowest BCUT2D eigenvalue weighted by Crippen LogP contribution is -2.03. The third kappa shape index (κ3) is 3.02. The molecule has 1 aromatic heterocycles. The molecule has 4 aromatic rings. The summed E-state index contributed by atoms with van der Waals surface area (Å²) in [5, 5.41) is 11.1. The van der Waals surface area contributed by atoms with Crippen LogP contribution in [-0.2, 0) is 6.61 Å². The maximum Gasteiger partial charge on any atom is 0.231 e. The molecule has 138 valence electrons. The van der Waals surface area contributed by atoms with Gasteiger partial charge in [0, 0.05) is 17.0 Å². The summed E-state index contributed by atoms with van der Waals surface area (Å²) in [6, 6.07) is 23.0. The van der Waals surface area contributed by atoms with Crippen LogP contribution in [0, 0.1) is 0 Å². The summed E-state index contributed by atoms with van der Waals surface area (Å²) >= 11 is 0. The molecule has 1 aliphatic rings. The van der Waals surface area contributed by atoms with Gasteiger partial charge in [0.05, 0.1) is 17.7 Å². The van der Waals surface area contributed by atoms with Crippen LogP contribution < -0.4 is 14.8 Å². The summed E-state index contributed by atoms with van der Waals surface area (Å²) in [4.78, 5) is 4.81. The Morgan fingerprint density at radius 2 is 1.75 bits per heavy atom. The van der Waals surface area contributed by atoms with Crippen molar-refractivity contribution >= 4 is 16.7 Å². The number of ether oxygens (including phenoxy) is 2. The van der Waals surface area contributed by atoms with Crippen molar-refractivity contribution in [1.82, 2.24) is 0 Å². The van der Waals surface area contributed by atoms with E-state index in [0.717, 1.165) is 38.9 Å². The topological polar surface area (TPSA) is 64.2 Å². The molecule has 0 atom stereocenters. The van der Waals surface area contributed by atoms with E-state index in [2.05, 4.69) is 0 Å². The second-order valence-electron chi connectivity index (χ2n) is 6.50. The lowest BCUT2D eigenvalue weighted by atomic mass is 10.1. The molecule has 0 spiro atoms. The Kier molecular flexibility index (Phi) is 4.07. The van der Waals surface area contributed by atoms with E-state index in [9.17, 15) is 5.11 Å². The Balaban J connectivity index is 1.71. The quantitative estimate of drug-likeness (QED) is 0.574. The van der Waals surface area contributed by atoms with Crippen molar-refractivity contribution in [1.29, 1.82) is 0 Å². The number of hydrogen-bond acceptors (Lipinski definition) is 5. The highest BCUT2D eigenvalue weighted by molar-refractivity contribution is 5.79. The van der Waals surface area contributed by atoms with Gasteiger partial charge in [0.2, 0.25) is 6.79 Å². The van der Waals surface area contributed by atoms with Crippen molar-refractivity contribution in [3.63, 3.8) is 0 Å². The third-order valence-corrected chi connectivity index (χ3v) is 4.65. The van der Waals surface area contributed by atoms with Crippen LogP contribution in [0.4, 0.5) is 5.69 Å². The van der Waals surface area contributed by atoms with Crippen LogP contribution in [0.5, 0.6) is 11.5 Å². The maximum absolute atomic E-state index is 9.39. The third-order valence-electron chi connectivity index (χ3n) is 4.65. The number of benzene rings is 3. The molecule has 5 rings (SSSR count). The standard InChI is InChI=1S/C23H17NO4/c25-13-15-4-3-5-17(10-15)24-19-12-22(28-20-7-2-1-6-18(19)20)16-8-9-21-23(11-16)27-14-26-21/h1-12,25H,13-14H2. The Morgan fingerprint density at radius 1 is 0.857 bits per heavy atom. The summed E-state index contributed by atoms with van der Waals surface area (Å²) in [5.41, 5.74) is 3.23. The monoisotopic (exact) mass is 371 g/mol. The lowest BCUT2D eigenvalue weighted by molar-refractivity contribution is 0.174. The molecule has 1 N–H and O–H groups in total. The summed E-state index contributed by atoms with van der Waals surface area (Å²) in [5.74, 6) is 2.12. The highest BCUT2D eigenvalue weighted by atomic mass is 16.7. The van der Waals surface area contributed by atoms with Gasteiger partial charge in [-0.1, -0.05) is 24.3 Å². The fraction of sp³-hybridized carbons (Fsp3) is 0.0870. The van der Waals surface area contributed by atoms with Crippen LogP contribution in [0.2, 0.25) is 0 Å². The first-order chi connectivity index (χ1) is 13.8. The molecule has 0 bridgehead atoms. The van der Waals surface area contributed by atoms with Crippen LogP contribution >= 0.6 is 0 Å². The zero-order valence-corrected chi connectivity index (χ0v) is 15.0. The zero-order valence-electron chi connectivity index (χ0n) is 15.0. The van der Waals surface area contributed by atoms with E-state index in [4.69, 9.17) is 18.9 Å². The molecule has 0 amide bonds. The number of aliphatic hydroxyl groups excluding tert-OH is 1. The van der Waals surface area contributed by atoms with Crippen LogP contribution in [0.25, 0.3) is 22.3 Å². The van der Waals surface area contributed by atoms with Crippen molar-refractivity contribution < 1.29 is 19.0 Å². The molecule has 0 saturated heterocycles. The van der Waals surface area contributed by atoms with Crippen molar-refractivity contribution in [3.05, 3.63) is 83.7 Å². The van der Waals surface area contributed by atoms with Crippen molar-refractivity contribution in [2.45, 2.75) is 6.61 Å². The molecular formula is C23H17NO4. The number of para-hydroxylation sites is 1. The van der Waals surface area contributed by atoms with E-state index in [1.807, 2.05) is 72.8 Å². The normalized spacial score (nSPS) is 13.2. The van der Waals surface area contributed by atoms with E-state index in [0.29, 0.717) is 11.5 Å². The molecular weight excluding hydrogens is 354 g/mol. The largest absolute Gasteiger partial charge is 0.456 e. The van der Waals surface area contributed by atoms with Gasteiger partial charge in [-0.05, 0) is 48.0 Å². The lowest BCUT2D eigenvalue weighted by Gasteiger charge is -2.06. The first kappa shape index (κ1) is 16.6. The van der Waals surface area contributed by atoms with Gasteiger partial charge in [-0.25, -0.2) is 4.99 Å². The first-order valence-electron chi connectivity index (χ1n) is 8.97. The fourth-order valence-corrected chi connectivity index (χ4v) is 3.27. The van der Waals surface area contributed by atoms with Gasteiger partial charge in [0.15, 0.2) is 11.5 Å². The molecule has 5 nitrogen and oxygen atoms in total. The van der Waals surface area contributed by atoms with Gasteiger partial charge in [-0.15, -0.1) is 0 Å². The van der Waals surface area contributed by atoms with E-state index in [-0.39, 0.29) is 13.4 Å². The number of rotatable bonds is 3. The van der Waals surface area contributed by atoms with E-state index >= 15 is 0 Å². The highest BCUT2D eigenvalue weighted by Crippen LogP contribution is 2.36. The van der Waals surface area contributed by atoms with E-state index in [1.54, 1.807) is 0 Å². The molecule has 0 saturated carbocycles. The molecule has 0 unspecified atom stereocenters. The molecule has 0 fully saturated rings. The van der Waals surface area contributed by atoms with Crippen LogP contribution in [0.3, 0.4) is 0 Å². The molecule has 5 heteroatoms. The molecule has 0 radical (unpaired) electrons. The Bertz CT molecular complexity index is 1240. The molecule has 3 aromatic carbocycles. The van der Waals surface area contributed by atoms with E-state index < -0.39 is 0 Å². The van der Waals surface area contributed by atoms with Gasteiger partial charge in [0.1, 0.15) is 11.3 Å². The molecule has 2 heterocycles. The van der Waals surface area contributed by atoms with Crippen LogP contribution in [0.15, 0.2) is 82.2 Å². The van der Waals surface area contributed by atoms with Gasteiger partial charge in [0.25, 0.3) is 0 Å². The van der Waals surface area contributed by atoms with Gasteiger partial charge in [-0.3, -0.25) is 0 Å². The molecule has 1 aliphatic heterocycles. The molecule has 0 aliphatic carbocycles. The summed E-state index contributed by atoms with van der Waals surface area (Å²) in [6.07, 6.45) is 0. The maximum atomic E-state index is 9.39. The average molecular weight is 371 g/mol. The number of fused-ring (bicyclic) bond motifs is 2.